The summed E-state index contributed by atoms with van der Waals surface area (Å²) in [6.07, 6.45) is 16.1. The van der Waals surface area contributed by atoms with Crippen molar-refractivity contribution < 1.29 is 0 Å². The Morgan fingerprint density at radius 2 is 0.909 bits per heavy atom. The van der Waals surface area contributed by atoms with Gasteiger partial charge in [-0.05, 0) is 88.6 Å². The lowest BCUT2D eigenvalue weighted by atomic mass is 9.80. The van der Waals surface area contributed by atoms with Crippen LogP contribution in [0.2, 0.25) is 0 Å². The summed E-state index contributed by atoms with van der Waals surface area (Å²) in [4.78, 5) is 0. The van der Waals surface area contributed by atoms with Crippen molar-refractivity contribution in [1.82, 2.24) is 0 Å². The second kappa shape index (κ2) is 10.1. The van der Waals surface area contributed by atoms with Gasteiger partial charge in [-0.15, -0.1) is 0 Å². The van der Waals surface area contributed by atoms with Crippen LogP contribution in [-0.4, -0.2) is 0 Å². The summed E-state index contributed by atoms with van der Waals surface area (Å²) >= 11 is 0. The summed E-state index contributed by atoms with van der Waals surface area (Å²) in [5, 5.41) is 10.3. The Morgan fingerprint density at radius 3 is 1.64 bits per heavy atom. The average molecular weight is 559 g/mol. The SMILES string of the molecule is C1=CC2C=CC(c3cc4c5ccccc5c(-c5ccc(-c6cccc7ccccc67)cc5)cc4c4ccccc34)=CC2C=C1. The van der Waals surface area contributed by atoms with Crippen LogP contribution >= 0.6 is 0 Å². The number of hydrogen-bond acceptors (Lipinski definition) is 0. The number of fused-ring (bicyclic) bond motifs is 7. The van der Waals surface area contributed by atoms with E-state index in [4.69, 9.17) is 0 Å². The van der Waals surface area contributed by atoms with Crippen molar-refractivity contribution in [3.05, 3.63) is 175 Å². The lowest BCUT2D eigenvalue weighted by molar-refractivity contribution is 0.663. The van der Waals surface area contributed by atoms with E-state index < -0.39 is 0 Å². The molecule has 2 aliphatic rings. The summed E-state index contributed by atoms with van der Waals surface area (Å²) in [5.41, 5.74) is 7.64. The fraction of sp³-hybridized carbons (Fsp3) is 0.0455. The van der Waals surface area contributed by atoms with Gasteiger partial charge >= 0.3 is 0 Å². The van der Waals surface area contributed by atoms with E-state index in [1.54, 1.807) is 0 Å². The van der Waals surface area contributed by atoms with Gasteiger partial charge in [-0.25, -0.2) is 0 Å². The van der Waals surface area contributed by atoms with Crippen molar-refractivity contribution >= 4 is 48.7 Å². The molecule has 0 amide bonds. The zero-order chi connectivity index (χ0) is 29.0. The molecule has 0 heterocycles. The largest absolute Gasteiger partial charge is 0.0767 e. The highest BCUT2D eigenvalue weighted by molar-refractivity contribution is 6.23. The first kappa shape index (κ1) is 25.1. The van der Waals surface area contributed by atoms with Gasteiger partial charge in [0.1, 0.15) is 0 Å². The molecule has 2 unspecified atom stereocenters. The van der Waals surface area contributed by atoms with Gasteiger partial charge in [-0.2, -0.15) is 0 Å². The second-order valence-electron chi connectivity index (χ2n) is 12.0. The Hall–Kier alpha value is -5.46. The van der Waals surface area contributed by atoms with Gasteiger partial charge < -0.3 is 0 Å². The molecular formula is C44H30. The Balaban J connectivity index is 1.24. The van der Waals surface area contributed by atoms with E-state index in [1.165, 1.54) is 76.5 Å². The minimum atomic E-state index is 0.408. The predicted octanol–water partition coefficient (Wildman–Crippen LogP) is 11.9. The van der Waals surface area contributed by atoms with Gasteiger partial charge in [-0.3, -0.25) is 0 Å². The molecule has 7 aromatic rings. The van der Waals surface area contributed by atoms with Gasteiger partial charge in [0.25, 0.3) is 0 Å². The molecule has 0 N–H and O–H groups in total. The molecule has 44 heavy (non-hydrogen) atoms. The van der Waals surface area contributed by atoms with E-state index in [1.807, 2.05) is 0 Å². The molecule has 0 aliphatic heterocycles. The Bertz CT molecular complexity index is 2370. The van der Waals surface area contributed by atoms with E-state index in [0.717, 1.165) is 0 Å². The molecule has 0 heteroatoms. The van der Waals surface area contributed by atoms with Crippen LogP contribution in [0.3, 0.4) is 0 Å². The first-order valence-electron chi connectivity index (χ1n) is 15.5. The third-order valence-corrected chi connectivity index (χ3v) is 9.58. The fourth-order valence-electron chi connectivity index (χ4n) is 7.39. The maximum atomic E-state index is 2.45. The zero-order valence-corrected chi connectivity index (χ0v) is 24.3. The van der Waals surface area contributed by atoms with Crippen LogP contribution in [0.15, 0.2) is 170 Å². The van der Waals surface area contributed by atoms with Gasteiger partial charge in [0, 0.05) is 11.8 Å². The Kier molecular flexibility index (Phi) is 5.74. The van der Waals surface area contributed by atoms with Crippen LogP contribution < -0.4 is 0 Å². The van der Waals surface area contributed by atoms with E-state index in [2.05, 4.69) is 170 Å². The first-order chi connectivity index (χ1) is 21.8. The monoisotopic (exact) mass is 558 g/mol. The quantitative estimate of drug-likeness (QED) is 0.189. The van der Waals surface area contributed by atoms with Gasteiger partial charge in [0.15, 0.2) is 0 Å². The summed E-state index contributed by atoms with van der Waals surface area (Å²) in [6, 6.07) is 47.0. The van der Waals surface area contributed by atoms with E-state index in [9.17, 15) is 0 Å². The molecule has 0 nitrogen and oxygen atoms in total. The average Bonchev–Trinajstić information content (AvgIpc) is 3.10. The normalized spacial score (nSPS) is 17.4. The third-order valence-electron chi connectivity index (χ3n) is 9.58. The standard InChI is InChI=1S/C44H30/c1-2-12-33-26-34(25-20-29(33)10-1)42-28-44-39-17-7-5-15-37(39)41(27-43(44)40-18-8-6-16-38(40)42)32-23-21-31(22-24-32)36-19-9-13-30-11-3-4-14-35(30)36/h1-29,33H. The smallest absolute Gasteiger partial charge is 0.00567 e. The molecule has 0 saturated heterocycles. The highest BCUT2D eigenvalue weighted by Crippen LogP contribution is 2.42. The van der Waals surface area contributed by atoms with Crippen molar-refractivity contribution in [1.29, 1.82) is 0 Å². The molecule has 2 aliphatic carbocycles. The zero-order valence-electron chi connectivity index (χ0n) is 24.3. The summed E-state index contributed by atoms with van der Waals surface area (Å²) in [7, 11) is 0. The minimum Gasteiger partial charge on any atom is -0.0767 e. The van der Waals surface area contributed by atoms with Crippen molar-refractivity contribution in [3.8, 4) is 22.3 Å². The molecule has 0 radical (unpaired) electrons. The maximum absolute atomic E-state index is 2.45. The summed E-state index contributed by atoms with van der Waals surface area (Å²) in [5.74, 6) is 0.858. The molecule has 0 aromatic heterocycles. The van der Waals surface area contributed by atoms with Crippen molar-refractivity contribution in [3.63, 3.8) is 0 Å². The number of allylic oxidation sites excluding steroid dienone is 8. The molecule has 0 fully saturated rings. The van der Waals surface area contributed by atoms with Crippen molar-refractivity contribution in [2.24, 2.45) is 11.8 Å². The molecule has 0 saturated carbocycles. The molecule has 2 atom stereocenters. The second-order valence-corrected chi connectivity index (χ2v) is 12.0. The lowest BCUT2D eigenvalue weighted by Gasteiger charge is -2.24. The van der Waals surface area contributed by atoms with E-state index in [0.29, 0.717) is 11.8 Å². The number of benzene rings is 7. The Labute approximate surface area is 257 Å². The third kappa shape index (κ3) is 3.99. The maximum Gasteiger partial charge on any atom is 0.00567 e. The van der Waals surface area contributed by atoms with Crippen LogP contribution in [0.25, 0.3) is 70.9 Å². The molecule has 0 spiro atoms. The highest BCUT2D eigenvalue weighted by atomic mass is 14.2. The minimum absolute atomic E-state index is 0.408. The van der Waals surface area contributed by atoms with Gasteiger partial charge in [-0.1, -0.05) is 158 Å². The van der Waals surface area contributed by atoms with E-state index in [-0.39, 0.29) is 0 Å². The fourth-order valence-corrected chi connectivity index (χ4v) is 7.39. The lowest BCUT2D eigenvalue weighted by Crippen LogP contribution is -2.11. The Morgan fingerprint density at radius 1 is 0.364 bits per heavy atom. The van der Waals surface area contributed by atoms with Crippen LogP contribution in [0.1, 0.15) is 5.56 Å². The van der Waals surface area contributed by atoms with Gasteiger partial charge in [0.2, 0.25) is 0 Å². The van der Waals surface area contributed by atoms with Crippen molar-refractivity contribution in [2.45, 2.75) is 0 Å². The van der Waals surface area contributed by atoms with Crippen LogP contribution in [-0.2, 0) is 0 Å². The van der Waals surface area contributed by atoms with Crippen LogP contribution in [0.4, 0.5) is 0 Å². The number of hydrogen-bond donors (Lipinski definition) is 0. The molecule has 7 aromatic carbocycles. The van der Waals surface area contributed by atoms with Gasteiger partial charge in [0.05, 0.1) is 0 Å². The predicted molar refractivity (Wildman–Crippen MR) is 190 cm³/mol. The highest BCUT2D eigenvalue weighted by Gasteiger charge is 2.21. The van der Waals surface area contributed by atoms with Crippen LogP contribution in [0, 0.1) is 11.8 Å². The molecule has 0 bridgehead atoms. The molecular weight excluding hydrogens is 528 g/mol. The van der Waals surface area contributed by atoms with E-state index >= 15 is 0 Å². The van der Waals surface area contributed by atoms with Crippen molar-refractivity contribution in [2.75, 3.05) is 0 Å². The van der Waals surface area contributed by atoms with Crippen LogP contribution in [0.5, 0.6) is 0 Å². The summed E-state index contributed by atoms with van der Waals surface area (Å²) in [6.45, 7) is 0. The first-order valence-corrected chi connectivity index (χ1v) is 15.5. The molecule has 206 valence electrons. The topological polar surface area (TPSA) is 0 Å². The number of rotatable bonds is 3. The molecule has 9 rings (SSSR count). The summed E-state index contributed by atoms with van der Waals surface area (Å²) < 4.78 is 0.